The van der Waals surface area contributed by atoms with Gasteiger partial charge >= 0.3 is 23.9 Å². The predicted molar refractivity (Wildman–Crippen MR) is 68.7 cm³/mol. The maximum atomic E-state index is 11.1. The van der Waals surface area contributed by atoms with Crippen molar-refractivity contribution in [2.75, 3.05) is 5.33 Å². The van der Waals surface area contributed by atoms with Crippen LogP contribution in [0.15, 0.2) is 0 Å². The van der Waals surface area contributed by atoms with Crippen LogP contribution in [-0.4, -0.2) is 49.6 Å². The van der Waals surface area contributed by atoms with Crippen molar-refractivity contribution in [2.45, 2.75) is 19.3 Å². The van der Waals surface area contributed by atoms with Crippen molar-refractivity contribution in [1.82, 2.24) is 0 Å². The molecule has 0 bridgehead atoms. The second kappa shape index (κ2) is 8.51. The van der Waals surface area contributed by atoms with E-state index in [2.05, 4.69) is 15.9 Å². The number of hydrogen-bond donors (Lipinski definition) is 4. The Kier molecular flexibility index (Phi) is 7.82. The summed E-state index contributed by atoms with van der Waals surface area (Å²) in [6.45, 7) is 0. The maximum absolute atomic E-state index is 11.1. The maximum Gasteiger partial charge on any atom is 0.307 e. The minimum Gasteiger partial charge on any atom is -0.481 e. The van der Waals surface area contributed by atoms with Crippen LogP contribution in [0.2, 0.25) is 0 Å². The summed E-state index contributed by atoms with van der Waals surface area (Å²) in [6.07, 6.45) is -1.46. The molecule has 0 aliphatic heterocycles. The molecule has 0 saturated heterocycles. The topological polar surface area (TPSA) is 149 Å². The first-order valence-electron chi connectivity index (χ1n) is 5.65. The van der Waals surface area contributed by atoms with Gasteiger partial charge in [-0.15, -0.1) is 0 Å². The van der Waals surface area contributed by atoms with E-state index in [4.69, 9.17) is 20.4 Å². The number of carbonyl (C=O) groups is 4. The zero-order valence-electron chi connectivity index (χ0n) is 10.4. The van der Waals surface area contributed by atoms with Crippen LogP contribution in [0.4, 0.5) is 0 Å². The van der Waals surface area contributed by atoms with Crippen molar-refractivity contribution in [2.24, 2.45) is 17.8 Å². The molecule has 2 atom stereocenters. The van der Waals surface area contributed by atoms with Gasteiger partial charge in [-0.1, -0.05) is 15.9 Å². The van der Waals surface area contributed by atoms with Crippen molar-refractivity contribution in [3.05, 3.63) is 0 Å². The summed E-state index contributed by atoms with van der Waals surface area (Å²) in [5, 5.41) is 35.8. The molecule has 0 aliphatic carbocycles. The fourth-order valence-corrected chi connectivity index (χ4v) is 2.56. The Bertz CT molecular complexity index is 360. The molecular formula is C11H15BrO8. The zero-order chi connectivity index (χ0) is 15.9. The van der Waals surface area contributed by atoms with Gasteiger partial charge in [-0.25, -0.2) is 0 Å². The first-order chi connectivity index (χ1) is 9.20. The fraction of sp³-hybridized carbons (Fsp3) is 0.636. The van der Waals surface area contributed by atoms with Crippen molar-refractivity contribution in [1.29, 1.82) is 0 Å². The number of rotatable bonds is 10. The van der Waals surface area contributed by atoms with Crippen LogP contribution in [0.25, 0.3) is 0 Å². The molecule has 114 valence electrons. The Balaban J connectivity index is 5.40. The molecule has 0 saturated carbocycles. The third kappa shape index (κ3) is 6.00. The van der Waals surface area contributed by atoms with Crippen LogP contribution < -0.4 is 0 Å². The second-order valence-corrected chi connectivity index (χ2v) is 5.02. The van der Waals surface area contributed by atoms with E-state index in [-0.39, 0.29) is 11.8 Å². The van der Waals surface area contributed by atoms with Gasteiger partial charge in [0.05, 0.1) is 24.7 Å². The number of carboxylic acid groups (broad SMARTS) is 4. The van der Waals surface area contributed by atoms with Gasteiger partial charge in [0.2, 0.25) is 0 Å². The molecule has 0 aromatic rings. The van der Waals surface area contributed by atoms with Crippen molar-refractivity contribution < 1.29 is 39.6 Å². The van der Waals surface area contributed by atoms with E-state index in [0.717, 1.165) is 0 Å². The third-order valence-electron chi connectivity index (χ3n) is 2.90. The molecule has 4 N–H and O–H groups in total. The average Bonchev–Trinajstić information content (AvgIpc) is 2.29. The van der Waals surface area contributed by atoms with E-state index in [0.29, 0.717) is 0 Å². The molecule has 8 nitrogen and oxygen atoms in total. The first kappa shape index (κ1) is 18.4. The Hall–Kier alpha value is -1.64. The Morgan fingerprint density at radius 2 is 1.15 bits per heavy atom. The highest BCUT2D eigenvalue weighted by atomic mass is 79.9. The minimum absolute atomic E-state index is 0.0501. The molecule has 0 aliphatic rings. The molecule has 0 heterocycles. The average molecular weight is 355 g/mol. The van der Waals surface area contributed by atoms with Gasteiger partial charge in [0.15, 0.2) is 0 Å². The first-order valence-corrected chi connectivity index (χ1v) is 6.78. The number of halogens is 1. The monoisotopic (exact) mass is 354 g/mol. The summed E-state index contributed by atoms with van der Waals surface area (Å²) in [5.74, 6) is -9.65. The fourth-order valence-electron chi connectivity index (χ4n) is 2.03. The molecule has 20 heavy (non-hydrogen) atoms. The lowest BCUT2D eigenvalue weighted by molar-refractivity contribution is -0.157. The quantitative estimate of drug-likeness (QED) is 0.419. The summed E-state index contributed by atoms with van der Waals surface area (Å²) < 4.78 is 0. The Morgan fingerprint density at radius 1 is 0.800 bits per heavy atom. The van der Waals surface area contributed by atoms with Crippen LogP contribution in [0.1, 0.15) is 19.3 Å². The molecule has 0 fully saturated rings. The second-order valence-electron chi connectivity index (χ2n) is 4.23. The van der Waals surface area contributed by atoms with Crippen LogP contribution >= 0.6 is 15.9 Å². The number of aliphatic carboxylic acids is 4. The van der Waals surface area contributed by atoms with Gasteiger partial charge < -0.3 is 20.4 Å². The summed E-state index contributed by atoms with van der Waals surface area (Å²) in [5.41, 5.74) is 0. The van der Waals surface area contributed by atoms with E-state index in [1.54, 1.807) is 0 Å². The minimum atomic E-state index is -1.45. The lowest BCUT2D eigenvalue weighted by Crippen LogP contribution is -2.36. The lowest BCUT2D eigenvalue weighted by atomic mass is 9.76. The highest BCUT2D eigenvalue weighted by Crippen LogP contribution is 2.31. The zero-order valence-corrected chi connectivity index (χ0v) is 11.9. The molecule has 9 heteroatoms. The molecular weight excluding hydrogens is 340 g/mol. The number of carboxylic acids is 4. The van der Waals surface area contributed by atoms with Crippen LogP contribution in [-0.2, 0) is 19.2 Å². The van der Waals surface area contributed by atoms with Crippen molar-refractivity contribution >= 4 is 39.8 Å². The van der Waals surface area contributed by atoms with Gasteiger partial charge in [-0.05, 0) is 12.3 Å². The van der Waals surface area contributed by atoms with Gasteiger partial charge in [-0.2, -0.15) is 0 Å². The van der Waals surface area contributed by atoms with Crippen molar-refractivity contribution in [3.8, 4) is 0 Å². The standard InChI is InChI=1S/C11H15BrO8/c12-2-1-5(6(10(17)18)3-8(13)14)7(11(19)20)4-9(15)16/h5-7H,1-4H2,(H,13,14)(H,15,16)(H,17,18)(H,19,20). The van der Waals surface area contributed by atoms with E-state index in [1.165, 1.54) is 0 Å². The van der Waals surface area contributed by atoms with Gasteiger partial charge in [-0.3, -0.25) is 19.2 Å². The number of hydrogen-bond acceptors (Lipinski definition) is 4. The molecule has 2 unspecified atom stereocenters. The Labute approximate surface area is 122 Å². The molecule has 0 aromatic heterocycles. The third-order valence-corrected chi connectivity index (χ3v) is 3.36. The van der Waals surface area contributed by atoms with Gasteiger partial charge in [0.25, 0.3) is 0 Å². The summed E-state index contributed by atoms with van der Waals surface area (Å²) in [6, 6.07) is 0. The van der Waals surface area contributed by atoms with E-state index >= 15 is 0 Å². The van der Waals surface area contributed by atoms with Gasteiger partial charge in [0.1, 0.15) is 0 Å². The molecule has 0 rings (SSSR count). The molecule has 0 spiro atoms. The highest BCUT2D eigenvalue weighted by molar-refractivity contribution is 9.09. The summed E-state index contributed by atoms with van der Waals surface area (Å²) in [4.78, 5) is 43.7. The SMILES string of the molecule is O=C(O)CC(C(=O)O)C(CCBr)C(CC(=O)O)C(=O)O. The van der Waals surface area contributed by atoms with E-state index in [9.17, 15) is 19.2 Å². The summed E-state index contributed by atoms with van der Waals surface area (Å²) in [7, 11) is 0. The van der Waals surface area contributed by atoms with Gasteiger partial charge in [0, 0.05) is 5.33 Å². The Morgan fingerprint density at radius 3 is 1.35 bits per heavy atom. The largest absolute Gasteiger partial charge is 0.481 e. The van der Waals surface area contributed by atoms with Crippen LogP contribution in [0.5, 0.6) is 0 Å². The van der Waals surface area contributed by atoms with Crippen LogP contribution in [0.3, 0.4) is 0 Å². The van der Waals surface area contributed by atoms with Crippen molar-refractivity contribution in [3.63, 3.8) is 0 Å². The predicted octanol–water partition coefficient (Wildman–Crippen LogP) is 0.739. The number of alkyl halides is 1. The molecule has 0 aromatic carbocycles. The highest BCUT2D eigenvalue weighted by Gasteiger charge is 2.39. The lowest BCUT2D eigenvalue weighted by Gasteiger charge is -2.27. The normalized spacial score (nSPS) is 15.1. The smallest absolute Gasteiger partial charge is 0.307 e. The molecule has 0 amide bonds. The summed E-state index contributed by atoms with van der Waals surface area (Å²) >= 11 is 3.04. The van der Waals surface area contributed by atoms with E-state index in [1.807, 2.05) is 0 Å². The van der Waals surface area contributed by atoms with Crippen LogP contribution in [0, 0.1) is 17.8 Å². The molecule has 0 radical (unpaired) electrons. The van der Waals surface area contributed by atoms with E-state index < -0.39 is 54.5 Å².